The van der Waals surface area contributed by atoms with Crippen LogP contribution in [0.5, 0.6) is 5.75 Å². The van der Waals surface area contributed by atoms with E-state index in [4.69, 9.17) is 4.74 Å². The zero-order chi connectivity index (χ0) is 14.7. The lowest BCUT2D eigenvalue weighted by atomic mass is 10.2. The van der Waals surface area contributed by atoms with Crippen molar-refractivity contribution < 1.29 is 9.13 Å². The molecule has 1 aromatic heterocycles. The first-order valence-corrected chi connectivity index (χ1v) is 6.96. The molecule has 5 heteroatoms. The molecule has 1 heterocycles. The lowest BCUT2D eigenvalue weighted by molar-refractivity contribution is 0.386. The number of halogens is 2. The monoisotopic (exact) mass is 338 g/mol. The highest BCUT2D eigenvalue weighted by atomic mass is 79.9. The Bertz CT molecular complexity index is 619. The van der Waals surface area contributed by atoms with Gasteiger partial charge in [-0.25, -0.2) is 9.37 Å². The van der Waals surface area contributed by atoms with E-state index in [1.807, 2.05) is 31.0 Å². The Morgan fingerprint density at radius 1 is 1.35 bits per heavy atom. The zero-order valence-electron chi connectivity index (χ0n) is 11.7. The third-order valence-electron chi connectivity index (χ3n) is 3.06. The summed E-state index contributed by atoms with van der Waals surface area (Å²) in [7, 11) is 3.39. The van der Waals surface area contributed by atoms with Gasteiger partial charge in [-0.15, -0.1) is 0 Å². The fraction of sp³-hybridized carbons (Fsp3) is 0.267. The summed E-state index contributed by atoms with van der Waals surface area (Å²) in [5.74, 6) is 0.759. The predicted octanol–water partition coefficient (Wildman–Crippen LogP) is 3.94. The summed E-state index contributed by atoms with van der Waals surface area (Å²) >= 11 is 3.43. The Kier molecular flexibility index (Phi) is 4.60. The number of pyridine rings is 1. The van der Waals surface area contributed by atoms with Crippen molar-refractivity contribution in [1.82, 2.24) is 4.98 Å². The highest BCUT2D eigenvalue weighted by Crippen LogP contribution is 2.22. The number of nitrogens with zero attached hydrogens (tertiary/aromatic N) is 2. The highest BCUT2D eigenvalue weighted by molar-refractivity contribution is 9.10. The van der Waals surface area contributed by atoms with Crippen molar-refractivity contribution in [3.8, 4) is 5.75 Å². The van der Waals surface area contributed by atoms with Crippen LogP contribution in [0.2, 0.25) is 0 Å². The average molecular weight is 339 g/mol. The van der Waals surface area contributed by atoms with Gasteiger partial charge in [-0.1, -0.05) is 6.07 Å². The lowest BCUT2D eigenvalue weighted by Gasteiger charge is -2.19. The molecule has 0 N–H and O–H groups in total. The summed E-state index contributed by atoms with van der Waals surface area (Å²) < 4.78 is 19.5. The molecule has 106 valence electrons. The van der Waals surface area contributed by atoms with Crippen molar-refractivity contribution in [2.75, 3.05) is 19.1 Å². The molecule has 0 unspecified atom stereocenters. The third kappa shape index (κ3) is 3.28. The van der Waals surface area contributed by atoms with Gasteiger partial charge in [0.1, 0.15) is 5.82 Å². The van der Waals surface area contributed by atoms with Crippen molar-refractivity contribution in [1.29, 1.82) is 0 Å². The first-order chi connectivity index (χ1) is 9.51. The van der Waals surface area contributed by atoms with Gasteiger partial charge in [-0.3, -0.25) is 0 Å². The minimum Gasteiger partial charge on any atom is -0.494 e. The third-order valence-corrected chi connectivity index (χ3v) is 3.89. The van der Waals surface area contributed by atoms with Crippen LogP contribution >= 0.6 is 15.9 Å². The summed E-state index contributed by atoms with van der Waals surface area (Å²) in [6, 6.07) is 6.97. The molecule has 1 aromatic carbocycles. The number of anilines is 1. The van der Waals surface area contributed by atoms with Crippen LogP contribution in [0.4, 0.5) is 10.2 Å². The van der Waals surface area contributed by atoms with Crippen LogP contribution in [0.25, 0.3) is 0 Å². The highest BCUT2D eigenvalue weighted by Gasteiger charge is 2.08. The van der Waals surface area contributed by atoms with E-state index in [9.17, 15) is 4.39 Å². The van der Waals surface area contributed by atoms with Gasteiger partial charge in [-0.05, 0) is 52.2 Å². The van der Waals surface area contributed by atoms with E-state index < -0.39 is 0 Å². The Hall–Kier alpha value is -1.62. The maximum atomic E-state index is 13.7. The summed E-state index contributed by atoms with van der Waals surface area (Å²) in [4.78, 5) is 6.32. The lowest BCUT2D eigenvalue weighted by Crippen LogP contribution is -2.17. The number of aryl methyl sites for hydroxylation is 1. The SMILES string of the molecule is COc1ccc(CN(C)c2cc(C)c(Br)cn2)cc1F. The van der Waals surface area contributed by atoms with Crippen molar-refractivity contribution in [2.45, 2.75) is 13.5 Å². The molecule has 0 aliphatic rings. The van der Waals surface area contributed by atoms with E-state index >= 15 is 0 Å². The molecule has 0 radical (unpaired) electrons. The van der Waals surface area contributed by atoms with Gasteiger partial charge in [0.2, 0.25) is 0 Å². The molecule has 0 fully saturated rings. The maximum absolute atomic E-state index is 13.7. The minimum atomic E-state index is -0.349. The number of rotatable bonds is 4. The second-order valence-electron chi connectivity index (χ2n) is 4.62. The molecule has 20 heavy (non-hydrogen) atoms. The quantitative estimate of drug-likeness (QED) is 0.844. The number of methoxy groups -OCH3 is 1. The van der Waals surface area contributed by atoms with E-state index in [0.717, 1.165) is 21.4 Å². The van der Waals surface area contributed by atoms with Gasteiger partial charge >= 0.3 is 0 Å². The number of hydrogen-bond acceptors (Lipinski definition) is 3. The number of aromatic nitrogens is 1. The first-order valence-electron chi connectivity index (χ1n) is 6.17. The largest absolute Gasteiger partial charge is 0.494 e. The molecule has 0 aliphatic carbocycles. The predicted molar refractivity (Wildman–Crippen MR) is 81.7 cm³/mol. The van der Waals surface area contributed by atoms with E-state index in [0.29, 0.717) is 6.54 Å². The molecule has 0 aliphatic heterocycles. The summed E-state index contributed by atoms with van der Waals surface area (Å²) in [5.41, 5.74) is 1.98. The van der Waals surface area contributed by atoms with Gasteiger partial charge in [-0.2, -0.15) is 0 Å². The van der Waals surface area contributed by atoms with E-state index in [2.05, 4.69) is 20.9 Å². The molecular weight excluding hydrogens is 323 g/mol. The molecule has 2 rings (SSSR count). The van der Waals surface area contributed by atoms with Crippen LogP contribution in [-0.2, 0) is 6.54 Å². The fourth-order valence-corrected chi connectivity index (χ4v) is 2.11. The van der Waals surface area contributed by atoms with Gasteiger partial charge in [0, 0.05) is 24.3 Å². The maximum Gasteiger partial charge on any atom is 0.165 e. The van der Waals surface area contributed by atoms with E-state index in [1.54, 1.807) is 12.3 Å². The summed E-state index contributed by atoms with van der Waals surface area (Å²) in [5, 5.41) is 0. The number of benzene rings is 1. The first kappa shape index (κ1) is 14.8. The summed E-state index contributed by atoms with van der Waals surface area (Å²) in [6.07, 6.45) is 1.77. The minimum absolute atomic E-state index is 0.258. The van der Waals surface area contributed by atoms with Crippen LogP contribution in [0.15, 0.2) is 34.9 Å². The average Bonchev–Trinajstić information content (AvgIpc) is 2.42. The van der Waals surface area contributed by atoms with Crippen molar-refractivity contribution >= 4 is 21.7 Å². The number of ether oxygens (including phenoxy) is 1. The molecule has 0 spiro atoms. The smallest absolute Gasteiger partial charge is 0.165 e. The molecule has 2 aromatic rings. The van der Waals surface area contributed by atoms with Crippen molar-refractivity contribution in [3.05, 3.63) is 51.9 Å². The second-order valence-corrected chi connectivity index (χ2v) is 5.47. The van der Waals surface area contributed by atoms with Crippen LogP contribution in [0, 0.1) is 12.7 Å². The molecule has 0 saturated heterocycles. The second kappa shape index (κ2) is 6.22. The molecule has 0 atom stereocenters. The Morgan fingerprint density at radius 3 is 2.70 bits per heavy atom. The zero-order valence-corrected chi connectivity index (χ0v) is 13.2. The molecule has 0 saturated carbocycles. The molecule has 0 amide bonds. The van der Waals surface area contributed by atoms with Crippen molar-refractivity contribution in [2.24, 2.45) is 0 Å². The molecule has 0 bridgehead atoms. The van der Waals surface area contributed by atoms with Gasteiger partial charge in [0.15, 0.2) is 11.6 Å². The summed E-state index contributed by atoms with van der Waals surface area (Å²) in [6.45, 7) is 2.59. The van der Waals surface area contributed by atoms with E-state index in [-0.39, 0.29) is 11.6 Å². The van der Waals surface area contributed by atoms with Crippen molar-refractivity contribution in [3.63, 3.8) is 0 Å². The topological polar surface area (TPSA) is 25.4 Å². The van der Waals surface area contributed by atoms with Crippen LogP contribution < -0.4 is 9.64 Å². The Morgan fingerprint density at radius 2 is 2.10 bits per heavy atom. The molecule has 3 nitrogen and oxygen atoms in total. The van der Waals surface area contributed by atoms with Gasteiger partial charge < -0.3 is 9.64 Å². The van der Waals surface area contributed by atoms with Crippen LogP contribution in [0.1, 0.15) is 11.1 Å². The Balaban J connectivity index is 2.16. The Labute approximate surface area is 126 Å². The molecular formula is C15H16BrFN2O. The van der Waals surface area contributed by atoms with E-state index in [1.165, 1.54) is 13.2 Å². The van der Waals surface area contributed by atoms with Crippen LogP contribution in [-0.4, -0.2) is 19.1 Å². The number of hydrogen-bond donors (Lipinski definition) is 0. The standard InChI is InChI=1S/C15H16BrFN2O/c1-10-6-15(18-8-12(10)16)19(2)9-11-4-5-14(20-3)13(17)7-11/h4-8H,9H2,1-3H3. The van der Waals surface area contributed by atoms with Gasteiger partial charge in [0.25, 0.3) is 0 Å². The van der Waals surface area contributed by atoms with Crippen LogP contribution in [0.3, 0.4) is 0 Å². The van der Waals surface area contributed by atoms with Gasteiger partial charge in [0.05, 0.1) is 7.11 Å². The normalized spacial score (nSPS) is 10.4. The fourth-order valence-electron chi connectivity index (χ4n) is 1.90.